The number of benzene rings is 1. The Hall–Kier alpha value is -2.00. The monoisotopic (exact) mass is 446 g/mol. The van der Waals surface area contributed by atoms with Crippen molar-refractivity contribution in [3.63, 3.8) is 0 Å². The average Bonchev–Trinajstić information content (AvgIpc) is 3.30. The molecule has 7 heteroatoms. The molecular weight excluding hydrogens is 412 g/mol. The van der Waals surface area contributed by atoms with Gasteiger partial charge in [-0.3, -0.25) is 0 Å². The van der Waals surface area contributed by atoms with Gasteiger partial charge < -0.3 is 34.6 Å². The van der Waals surface area contributed by atoms with Gasteiger partial charge in [-0.15, -0.1) is 0 Å². The highest BCUT2D eigenvalue weighted by Gasteiger charge is 2.43. The third-order valence-electron chi connectivity index (χ3n) is 6.06. The number of aliphatic hydroxyl groups is 4. The van der Waals surface area contributed by atoms with E-state index < -0.39 is 37.1 Å². The largest absolute Gasteiger partial charge is 0.488 e. The summed E-state index contributed by atoms with van der Waals surface area (Å²) in [6, 6.07) is 8.07. The van der Waals surface area contributed by atoms with Gasteiger partial charge in [-0.1, -0.05) is 42.0 Å². The molecule has 0 amide bonds. The minimum atomic E-state index is -1.41. The highest BCUT2D eigenvalue weighted by molar-refractivity contribution is 5.35. The number of rotatable bonds is 8. The molecule has 7 nitrogen and oxygen atoms in total. The van der Waals surface area contributed by atoms with E-state index in [0.717, 1.165) is 36.3 Å². The molecule has 2 heterocycles. The zero-order valence-corrected chi connectivity index (χ0v) is 18.7. The van der Waals surface area contributed by atoms with Crippen LogP contribution in [0, 0.1) is 0 Å². The maximum Gasteiger partial charge on any atom is 0.124 e. The first-order valence-corrected chi connectivity index (χ1v) is 11.0. The van der Waals surface area contributed by atoms with E-state index in [1.165, 1.54) is 5.57 Å². The predicted octanol–water partition coefficient (Wildman–Crippen LogP) is 1.69. The first kappa shape index (κ1) is 24.6. The summed E-state index contributed by atoms with van der Waals surface area (Å²) in [5.41, 5.74) is 3.82. The van der Waals surface area contributed by atoms with E-state index in [2.05, 4.69) is 25.6 Å². The zero-order chi connectivity index (χ0) is 23.3. The van der Waals surface area contributed by atoms with Crippen LogP contribution in [0.3, 0.4) is 0 Å². The molecule has 3 rings (SSSR count). The number of hydrogen-bond donors (Lipinski definition) is 4. The van der Waals surface area contributed by atoms with Crippen LogP contribution in [0.1, 0.15) is 25.8 Å². The first-order chi connectivity index (χ1) is 15.3. The van der Waals surface area contributed by atoms with Gasteiger partial charge in [0.2, 0.25) is 0 Å². The Labute approximate surface area is 189 Å². The summed E-state index contributed by atoms with van der Waals surface area (Å²) in [6.07, 6.45) is -0.541. The Morgan fingerprint density at radius 1 is 1.09 bits per heavy atom. The number of aliphatic hydroxyl groups excluding tert-OH is 4. The van der Waals surface area contributed by atoms with Gasteiger partial charge in [0.05, 0.1) is 19.8 Å². The van der Waals surface area contributed by atoms with Gasteiger partial charge in [0.1, 0.15) is 42.4 Å². The summed E-state index contributed by atoms with van der Waals surface area (Å²) in [4.78, 5) is 0. The second-order valence-electron chi connectivity index (χ2n) is 8.55. The van der Waals surface area contributed by atoms with Crippen molar-refractivity contribution in [3.8, 4) is 5.75 Å². The van der Waals surface area contributed by atoms with Crippen LogP contribution in [0.4, 0.5) is 0 Å². The summed E-state index contributed by atoms with van der Waals surface area (Å²) < 4.78 is 16.8. The predicted molar refractivity (Wildman–Crippen MR) is 120 cm³/mol. The third kappa shape index (κ3) is 6.07. The summed E-state index contributed by atoms with van der Waals surface area (Å²) in [5, 5.41) is 39.4. The summed E-state index contributed by atoms with van der Waals surface area (Å²) in [6.45, 7) is 8.91. The van der Waals surface area contributed by atoms with Gasteiger partial charge in [-0.2, -0.15) is 0 Å². The lowest BCUT2D eigenvalue weighted by Gasteiger charge is -2.40. The van der Waals surface area contributed by atoms with E-state index in [9.17, 15) is 20.4 Å². The van der Waals surface area contributed by atoms with Crippen LogP contribution in [-0.2, 0) is 15.9 Å². The zero-order valence-electron chi connectivity index (χ0n) is 18.7. The molecule has 2 aliphatic rings. The van der Waals surface area contributed by atoms with Crippen LogP contribution in [0.25, 0.3) is 0 Å². The van der Waals surface area contributed by atoms with Gasteiger partial charge in [0, 0.05) is 6.42 Å². The molecule has 0 aliphatic carbocycles. The van der Waals surface area contributed by atoms with E-state index in [1.54, 1.807) is 6.08 Å². The van der Waals surface area contributed by atoms with E-state index in [0.29, 0.717) is 12.2 Å². The molecule has 32 heavy (non-hydrogen) atoms. The minimum absolute atomic E-state index is 0.131. The SMILES string of the molecule is C=C(/C=C\C(C)=C(/C)Cc1ccc(O[C@H]2CCOC2)cc1)[C@@H]1O[C@H](CO)[C@@H](O)[C@H](O)[C@H]1O. The summed E-state index contributed by atoms with van der Waals surface area (Å²) in [5.74, 6) is 0.846. The Bertz CT molecular complexity index is 821. The van der Waals surface area contributed by atoms with Crippen LogP contribution in [-0.4, -0.2) is 76.9 Å². The molecule has 6 atom stereocenters. The normalized spacial score (nSPS) is 31.6. The van der Waals surface area contributed by atoms with Crippen molar-refractivity contribution in [1.29, 1.82) is 0 Å². The molecule has 0 bridgehead atoms. The van der Waals surface area contributed by atoms with Crippen LogP contribution in [0.5, 0.6) is 5.75 Å². The quantitative estimate of drug-likeness (QED) is 0.450. The van der Waals surface area contributed by atoms with Gasteiger partial charge in [-0.05, 0) is 43.5 Å². The average molecular weight is 447 g/mol. The Morgan fingerprint density at radius 2 is 1.81 bits per heavy atom. The van der Waals surface area contributed by atoms with Crippen molar-refractivity contribution >= 4 is 0 Å². The van der Waals surface area contributed by atoms with Crippen molar-refractivity contribution in [2.24, 2.45) is 0 Å². The highest BCUT2D eigenvalue weighted by atomic mass is 16.5. The van der Waals surface area contributed by atoms with Gasteiger partial charge >= 0.3 is 0 Å². The van der Waals surface area contributed by atoms with Crippen LogP contribution < -0.4 is 4.74 Å². The van der Waals surface area contributed by atoms with Crippen LogP contribution in [0.15, 0.2) is 59.7 Å². The van der Waals surface area contributed by atoms with E-state index in [1.807, 2.05) is 25.1 Å². The smallest absolute Gasteiger partial charge is 0.124 e. The lowest BCUT2D eigenvalue weighted by atomic mass is 9.91. The molecule has 176 valence electrons. The van der Waals surface area contributed by atoms with Crippen molar-refractivity contribution in [3.05, 3.63) is 65.3 Å². The molecular formula is C25H34O7. The third-order valence-corrected chi connectivity index (χ3v) is 6.06. The van der Waals surface area contributed by atoms with E-state index in [4.69, 9.17) is 14.2 Å². The number of hydrogen-bond acceptors (Lipinski definition) is 7. The highest BCUT2D eigenvalue weighted by Crippen LogP contribution is 2.26. The van der Waals surface area contributed by atoms with Crippen LogP contribution >= 0.6 is 0 Å². The lowest BCUT2D eigenvalue weighted by Crippen LogP contribution is -2.58. The first-order valence-electron chi connectivity index (χ1n) is 11.0. The summed E-state index contributed by atoms with van der Waals surface area (Å²) >= 11 is 0. The fourth-order valence-electron chi connectivity index (χ4n) is 3.81. The second-order valence-corrected chi connectivity index (χ2v) is 8.55. The molecule has 2 saturated heterocycles. The fourth-order valence-corrected chi connectivity index (χ4v) is 3.81. The van der Waals surface area contributed by atoms with Crippen LogP contribution in [0.2, 0.25) is 0 Å². The molecule has 2 fully saturated rings. The summed E-state index contributed by atoms with van der Waals surface area (Å²) in [7, 11) is 0. The van der Waals surface area contributed by atoms with Gasteiger partial charge in [0.15, 0.2) is 0 Å². The number of allylic oxidation sites excluding steroid dienone is 3. The molecule has 1 aromatic carbocycles. The molecule has 0 saturated carbocycles. The molecule has 1 aromatic rings. The van der Waals surface area contributed by atoms with Gasteiger partial charge in [-0.25, -0.2) is 0 Å². The van der Waals surface area contributed by atoms with Crippen molar-refractivity contribution in [2.75, 3.05) is 19.8 Å². The number of ether oxygens (including phenoxy) is 3. The van der Waals surface area contributed by atoms with Crippen molar-refractivity contribution in [2.45, 2.75) is 63.3 Å². The molecule has 0 radical (unpaired) electrons. The van der Waals surface area contributed by atoms with Gasteiger partial charge in [0.25, 0.3) is 0 Å². The Morgan fingerprint density at radius 3 is 2.44 bits per heavy atom. The molecule has 0 spiro atoms. The Balaban J connectivity index is 1.58. The molecule has 0 aromatic heterocycles. The molecule has 2 aliphatic heterocycles. The fraction of sp³-hybridized carbons (Fsp3) is 0.520. The maximum atomic E-state index is 10.2. The minimum Gasteiger partial charge on any atom is -0.488 e. The second kappa shape index (κ2) is 11.2. The topological polar surface area (TPSA) is 109 Å². The van der Waals surface area contributed by atoms with E-state index >= 15 is 0 Å². The van der Waals surface area contributed by atoms with Crippen molar-refractivity contribution in [1.82, 2.24) is 0 Å². The standard InChI is InChI=1S/C25H34O7/c1-15(4-5-16(2)25-24(29)23(28)22(27)21(13-26)32-25)17(3)12-18-6-8-19(9-7-18)31-20-10-11-30-14-20/h4-9,20-29H,2,10-14H2,1,3H3/b5-4-,17-15+/t20-,21+,22+,23-,24+,25-/m0/s1. The van der Waals surface area contributed by atoms with E-state index in [-0.39, 0.29) is 6.10 Å². The van der Waals surface area contributed by atoms with Crippen molar-refractivity contribution < 1.29 is 34.6 Å². The molecule has 0 unspecified atom stereocenters. The lowest BCUT2D eigenvalue weighted by molar-refractivity contribution is -0.218. The maximum absolute atomic E-state index is 10.2. The Kier molecular flexibility index (Phi) is 8.64. The molecule has 4 N–H and O–H groups in total.